The van der Waals surface area contributed by atoms with Crippen LogP contribution in [-0.2, 0) is 9.31 Å². The molecule has 1 fully saturated rings. The van der Waals surface area contributed by atoms with Crippen LogP contribution >= 0.6 is 15.9 Å². The lowest BCUT2D eigenvalue weighted by Crippen LogP contribution is -2.41. The van der Waals surface area contributed by atoms with E-state index in [0.717, 1.165) is 15.6 Å². The zero-order valence-corrected chi connectivity index (χ0v) is 14.6. The molecule has 0 unspecified atom stereocenters. The van der Waals surface area contributed by atoms with Gasteiger partial charge in [0.2, 0.25) is 0 Å². The van der Waals surface area contributed by atoms with Gasteiger partial charge in [-0.1, -0.05) is 40.2 Å². The van der Waals surface area contributed by atoms with Gasteiger partial charge in [-0.2, -0.15) is 0 Å². The van der Waals surface area contributed by atoms with E-state index in [0.29, 0.717) is 6.32 Å². The van der Waals surface area contributed by atoms with Gasteiger partial charge in [-0.3, -0.25) is 0 Å². The summed E-state index contributed by atoms with van der Waals surface area (Å²) in [7, 11) is -0.279. The minimum atomic E-state index is -0.321. The molecule has 1 aromatic rings. The molecule has 0 atom stereocenters. The standard InChI is InChI=1S/C16H22BBrO3/c1-15(2)16(3,4)21-17(20-15)10-9-12(11-19)13-7-5-6-8-14(13)18/h5-9,19H,10-11H2,1-4H3/b12-9-. The Kier molecular flexibility index (Phi) is 4.98. The van der Waals surface area contributed by atoms with Gasteiger partial charge in [0, 0.05) is 10.8 Å². The normalized spacial score (nSPS) is 20.9. The zero-order valence-electron chi connectivity index (χ0n) is 13.0. The first-order chi connectivity index (χ1) is 9.77. The Bertz CT molecular complexity index is 524. The van der Waals surface area contributed by atoms with Crippen molar-refractivity contribution in [3.63, 3.8) is 0 Å². The van der Waals surface area contributed by atoms with E-state index in [-0.39, 0.29) is 24.9 Å². The first-order valence-corrected chi connectivity index (χ1v) is 7.96. The van der Waals surface area contributed by atoms with Gasteiger partial charge >= 0.3 is 7.12 Å². The van der Waals surface area contributed by atoms with Crippen LogP contribution in [0.25, 0.3) is 5.57 Å². The Morgan fingerprint density at radius 2 is 1.76 bits per heavy atom. The number of aliphatic hydroxyl groups excluding tert-OH is 1. The smallest absolute Gasteiger partial charge is 0.403 e. The summed E-state index contributed by atoms with van der Waals surface area (Å²) in [5, 5.41) is 9.61. The second-order valence-electron chi connectivity index (χ2n) is 6.29. The average Bonchev–Trinajstić information content (AvgIpc) is 2.60. The van der Waals surface area contributed by atoms with Crippen LogP contribution in [0.5, 0.6) is 0 Å². The lowest BCUT2D eigenvalue weighted by Gasteiger charge is -2.32. The van der Waals surface area contributed by atoms with Crippen LogP contribution in [-0.4, -0.2) is 30.0 Å². The van der Waals surface area contributed by atoms with Crippen LogP contribution in [0.4, 0.5) is 0 Å². The number of rotatable bonds is 4. The second-order valence-corrected chi connectivity index (χ2v) is 7.14. The van der Waals surface area contributed by atoms with Gasteiger partial charge in [0.15, 0.2) is 0 Å². The van der Waals surface area contributed by atoms with Gasteiger partial charge < -0.3 is 14.4 Å². The summed E-state index contributed by atoms with van der Waals surface area (Å²) in [6.45, 7) is 8.14. The van der Waals surface area contributed by atoms with Gasteiger partial charge in [0.1, 0.15) is 0 Å². The zero-order chi connectivity index (χ0) is 15.7. The van der Waals surface area contributed by atoms with Crippen LogP contribution in [0.2, 0.25) is 6.32 Å². The van der Waals surface area contributed by atoms with Crippen molar-refractivity contribution < 1.29 is 14.4 Å². The molecule has 5 heteroatoms. The van der Waals surface area contributed by atoms with Crippen molar-refractivity contribution in [2.24, 2.45) is 0 Å². The molecule has 0 radical (unpaired) electrons. The second kappa shape index (κ2) is 6.25. The van der Waals surface area contributed by atoms with Crippen molar-refractivity contribution in [2.75, 3.05) is 6.61 Å². The van der Waals surface area contributed by atoms with Crippen LogP contribution < -0.4 is 0 Å². The molecule has 0 bridgehead atoms. The molecule has 1 N–H and O–H groups in total. The SMILES string of the molecule is CC1(C)OB(C/C=C(/CO)c2ccccc2Br)OC1(C)C. The Morgan fingerprint density at radius 3 is 2.29 bits per heavy atom. The number of halogens is 1. The van der Waals surface area contributed by atoms with Gasteiger partial charge in [0.25, 0.3) is 0 Å². The monoisotopic (exact) mass is 352 g/mol. The number of hydrogen-bond acceptors (Lipinski definition) is 3. The number of aliphatic hydroxyl groups is 1. The van der Waals surface area contributed by atoms with Gasteiger partial charge in [-0.05, 0) is 44.9 Å². The summed E-state index contributed by atoms with van der Waals surface area (Å²) in [5.41, 5.74) is 1.23. The predicted octanol–water partition coefficient (Wildman–Crippen LogP) is 3.92. The van der Waals surface area contributed by atoms with Crippen molar-refractivity contribution in [1.29, 1.82) is 0 Å². The summed E-state index contributed by atoms with van der Waals surface area (Å²) < 4.78 is 12.9. The van der Waals surface area contributed by atoms with Gasteiger partial charge in [-0.15, -0.1) is 0 Å². The summed E-state index contributed by atoms with van der Waals surface area (Å²) in [6.07, 6.45) is 2.60. The van der Waals surface area contributed by atoms with Crippen LogP contribution in [0.3, 0.4) is 0 Å². The highest BCUT2D eigenvalue weighted by atomic mass is 79.9. The molecule has 1 heterocycles. The Hall–Kier alpha value is -0.615. The molecule has 1 aromatic carbocycles. The minimum Gasteiger partial charge on any atom is -0.403 e. The molecule has 2 rings (SSSR count). The lowest BCUT2D eigenvalue weighted by molar-refractivity contribution is 0.00578. The van der Waals surface area contributed by atoms with Crippen LogP contribution in [0.1, 0.15) is 33.3 Å². The molecule has 3 nitrogen and oxygen atoms in total. The Labute approximate surface area is 135 Å². The summed E-state index contributed by atoms with van der Waals surface area (Å²) >= 11 is 3.51. The predicted molar refractivity (Wildman–Crippen MR) is 90.1 cm³/mol. The Morgan fingerprint density at radius 1 is 1.19 bits per heavy atom. The molecule has 0 aliphatic carbocycles. The van der Waals surface area contributed by atoms with Gasteiger partial charge in [0.05, 0.1) is 17.8 Å². The van der Waals surface area contributed by atoms with Crippen LogP contribution in [0, 0.1) is 0 Å². The fraction of sp³-hybridized carbons (Fsp3) is 0.500. The Balaban J connectivity index is 2.12. The summed E-state index contributed by atoms with van der Waals surface area (Å²) in [6, 6.07) is 7.86. The fourth-order valence-corrected chi connectivity index (χ4v) is 2.82. The van der Waals surface area contributed by atoms with Crippen molar-refractivity contribution in [1.82, 2.24) is 0 Å². The molecular formula is C16H22BBrO3. The summed E-state index contributed by atoms with van der Waals surface area (Å²) in [5.74, 6) is 0. The minimum absolute atomic E-state index is 0.0118. The molecule has 1 aliphatic rings. The van der Waals surface area contributed by atoms with Crippen molar-refractivity contribution in [3.8, 4) is 0 Å². The maximum Gasteiger partial charge on any atom is 0.461 e. The van der Waals surface area contributed by atoms with E-state index in [1.54, 1.807) is 0 Å². The third kappa shape index (κ3) is 3.59. The van der Waals surface area contributed by atoms with Crippen molar-refractivity contribution in [2.45, 2.75) is 45.2 Å². The molecule has 114 valence electrons. The van der Waals surface area contributed by atoms with E-state index in [1.165, 1.54) is 0 Å². The van der Waals surface area contributed by atoms with E-state index < -0.39 is 0 Å². The number of benzene rings is 1. The molecule has 0 spiro atoms. The first kappa shape index (κ1) is 16.8. The average molecular weight is 353 g/mol. The highest BCUT2D eigenvalue weighted by molar-refractivity contribution is 9.10. The van der Waals surface area contributed by atoms with E-state index >= 15 is 0 Å². The first-order valence-electron chi connectivity index (χ1n) is 7.17. The quantitative estimate of drug-likeness (QED) is 0.834. The highest BCUT2D eigenvalue weighted by Gasteiger charge is 2.50. The third-order valence-electron chi connectivity index (χ3n) is 4.25. The largest absolute Gasteiger partial charge is 0.461 e. The summed E-state index contributed by atoms with van der Waals surface area (Å²) in [4.78, 5) is 0. The molecular weight excluding hydrogens is 331 g/mol. The molecule has 1 aliphatic heterocycles. The maximum atomic E-state index is 9.61. The van der Waals surface area contributed by atoms with E-state index in [9.17, 15) is 5.11 Å². The highest BCUT2D eigenvalue weighted by Crippen LogP contribution is 2.38. The lowest BCUT2D eigenvalue weighted by atomic mass is 9.83. The number of allylic oxidation sites excluding steroid dienone is 1. The molecule has 0 amide bonds. The third-order valence-corrected chi connectivity index (χ3v) is 4.94. The molecule has 21 heavy (non-hydrogen) atoms. The van der Waals surface area contributed by atoms with Crippen LogP contribution in [0.15, 0.2) is 34.8 Å². The molecule has 0 saturated carbocycles. The molecule has 0 aromatic heterocycles. The van der Waals surface area contributed by atoms with E-state index in [2.05, 4.69) is 15.9 Å². The maximum absolute atomic E-state index is 9.61. The number of hydrogen-bond donors (Lipinski definition) is 1. The molecule has 1 saturated heterocycles. The van der Waals surface area contributed by atoms with E-state index in [4.69, 9.17) is 9.31 Å². The van der Waals surface area contributed by atoms with E-state index in [1.807, 2.05) is 58.0 Å². The van der Waals surface area contributed by atoms with Crippen molar-refractivity contribution >= 4 is 28.6 Å². The topological polar surface area (TPSA) is 38.7 Å². The van der Waals surface area contributed by atoms with Crippen molar-refractivity contribution in [3.05, 3.63) is 40.4 Å². The van der Waals surface area contributed by atoms with Gasteiger partial charge in [-0.25, -0.2) is 0 Å². The fourth-order valence-electron chi connectivity index (χ4n) is 2.28.